The highest BCUT2D eigenvalue weighted by Crippen LogP contribution is 2.26. The number of aromatic nitrogens is 2. The Labute approximate surface area is 116 Å². The van der Waals surface area contributed by atoms with Crippen molar-refractivity contribution < 1.29 is 8.78 Å². The van der Waals surface area contributed by atoms with Gasteiger partial charge in [-0.25, -0.2) is 13.8 Å². The number of H-pyrrole nitrogens is 1. The van der Waals surface area contributed by atoms with Crippen molar-refractivity contribution >= 4 is 0 Å². The molecule has 2 aromatic rings. The molecule has 1 aromatic carbocycles. The first-order valence-electron chi connectivity index (χ1n) is 6.88. The van der Waals surface area contributed by atoms with E-state index < -0.39 is 11.6 Å². The summed E-state index contributed by atoms with van der Waals surface area (Å²) in [6, 6.07) is 4.36. The quantitative estimate of drug-likeness (QED) is 0.935. The van der Waals surface area contributed by atoms with Gasteiger partial charge in [0, 0.05) is 37.0 Å². The summed E-state index contributed by atoms with van der Waals surface area (Å²) in [6.07, 6.45) is 5.69. The standard InChI is InChI=1S/C15H17F2N3/c16-13-5-1-3-11(14(13)17)9-20-8-2-4-12(10-20)15-18-6-7-19-15/h1,3,5-7,12H,2,4,8-10H2,(H,18,19)/t12-/m0/s1. The fraction of sp³-hybridized carbons (Fsp3) is 0.400. The molecule has 0 bridgehead atoms. The maximum absolute atomic E-state index is 13.7. The van der Waals surface area contributed by atoms with Crippen LogP contribution in [0.25, 0.3) is 0 Å². The lowest BCUT2D eigenvalue weighted by Crippen LogP contribution is -2.34. The minimum absolute atomic E-state index is 0.343. The summed E-state index contributed by atoms with van der Waals surface area (Å²) in [7, 11) is 0. The SMILES string of the molecule is Fc1cccc(CN2CCC[C@H](c3ncc[nH]3)C2)c1F. The van der Waals surface area contributed by atoms with Crippen molar-refractivity contribution in [2.24, 2.45) is 0 Å². The van der Waals surface area contributed by atoms with Crippen molar-refractivity contribution in [3.05, 3.63) is 53.6 Å². The van der Waals surface area contributed by atoms with Gasteiger partial charge in [-0.1, -0.05) is 12.1 Å². The third-order valence-electron chi connectivity index (χ3n) is 3.84. The van der Waals surface area contributed by atoms with E-state index in [1.165, 1.54) is 0 Å². The summed E-state index contributed by atoms with van der Waals surface area (Å²) >= 11 is 0. The maximum atomic E-state index is 13.7. The summed E-state index contributed by atoms with van der Waals surface area (Å²) in [5, 5.41) is 0. The van der Waals surface area contributed by atoms with Gasteiger partial charge in [0.2, 0.25) is 0 Å². The van der Waals surface area contributed by atoms with Gasteiger partial charge in [0.25, 0.3) is 0 Å². The monoisotopic (exact) mass is 277 g/mol. The first kappa shape index (κ1) is 13.2. The van der Waals surface area contributed by atoms with Crippen LogP contribution in [0.5, 0.6) is 0 Å². The highest BCUT2D eigenvalue weighted by atomic mass is 19.2. The molecule has 0 unspecified atom stereocenters. The van der Waals surface area contributed by atoms with E-state index in [1.807, 2.05) is 6.20 Å². The van der Waals surface area contributed by atoms with E-state index in [9.17, 15) is 8.78 Å². The Morgan fingerprint density at radius 1 is 1.35 bits per heavy atom. The number of halogens is 2. The first-order valence-corrected chi connectivity index (χ1v) is 6.88. The summed E-state index contributed by atoms with van der Waals surface area (Å²) in [5.41, 5.74) is 0.421. The van der Waals surface area contributed by atoms with Crippen LogP contribution in [0.2, 0.25) is 0 Å². The molecule has 0 saturated carbocycles. The van der Waals surface area contributed by atoms with Gasteiger partial charge < -0.3 is 4.98 Å². The fourth-order valence-electron chi connectivity index (χ4n) is 2.83. The number of rotatable bonds is 3. The largest absolute Gasteiger partial charge is 0.348 e. The highest BCUT2D eigenvalue weighted by molar-refractivity contribution is 5.19. The van der Waals surface area contributed by atoms with Crippen LogP contribution in [0.4, 0.5) is 8.78 Å². The second kappa shape index (κ2) is 5.71. The molecule has 1 saturated heterocycles. The van der Waals surface area contributed by atoms with Gasteiger partial charge in [-0.3, -0.25) is 4.90 Å². The van der Waals surface area contributed by atoms with Crippen molar-refractivity contribution in [2.75, 3.05) is 13.1 Å². The van der Waals surface area contributed by atoms with Crippen LogP contribution in [0.1, 0.15) is 30.1 Å². The Morgan fingerprint density at radius 3 is 3.05 bits per heavy atom. The summed E-state index contributed by atoms with van der Waals surface area (Å²) in [5.74, 6) is -0.181. The number of nitrogens with zero attached hydrogens (tertiary/aromatic N) is 2. The molecule has 0 radical (unpaired) electrons. The molecular weight excluding hydrogens is 260 g/mol. The zero-order chi connectivity index (χ0) is 13.9. The van der Waals surface area contributed by atoms with Gasteiger partial charge in [0.1, 0.15) is 5.82 Å². The molecule has 1 atom stereocenters. The van der Waals surface area contributed by atoms with Crippen LogP contribution in [-0.2, 0) is 6.54 Å². The number of hydrogen-bond donors (Lipinski definition) is 1. The Morgan fingerprint density at radius 2 is 2.25 bits per heavy atom. The minimum atomic E-state index is -0.776. The number of benzene rings is 1. The fourth-order valence-corrected chi connectivity index (χ4v) is 2.83. The Kier molecular flexibility index (Phi) is 3.78. The molecule has 0 aliphatic carbocycles. The second-order valence-corrected chi connectivity index (χ2v) is 5.26. The average molecular weight is 277 g/mol. The van der Waals surface area contributed by atoms with Crippen molar-refractivity contribution in [3.8, 4) is 0 Å². The smallest absolute Gasteiger partial charge is 0.163 e. The summed E-state index contributed by atoms with van der Waals surface area (Å²) in [4.78, 5) is 9.60. The summed E-state index contributed by atoms with van der Waals surface area (Å²) in [6.45, 7) is 2.18. The Bertz CT molecular complexity index is 569. The Balaban J connectivity index is 1.70. The Hall–Kier alpha value is -1.75. The lowest BCUT2D eigenvalue weighted by molar-refractivity contribution is 0.194. The number of likely N-dealkylation sites (tertiary alicyclic amines) is 1. The molecule has 1 N–H and O–H groups in total. The van der Waals surface area contributed by atoms with E-state index in [-0.39, 0.29) is 0 Å². The number of hydrogen-bond acceptors (Lipinski definition) is 2. The van der Waals surface area contributed by atoms with Gasteiger partial charge in [0.05, 0.1) is 0 Å². The van der Waals surface area contributed by atoms with E-state index >= 15 is 0 Å². The van der Waals surface area contributed by atoms with E-state index in [1.54, 1.807) is 18.3 Å². The van der Waals surface area contributed by atoms with Gasteiger partial charge in [-0.2, -0.15) is 0 Å². The molecule has 1 aliphatic rings. The molecule has 106 valence electrons. The molecule has 1 fully saturated rings. The van der Waals surface area contributed by atoms with Gasteiger partial charge in [-0.05, 0) is 25.5 Å². The van der Waals surface area contributed by atoms with Crippen LogP contribution in [0.3, 0.4) is 0 Å². The molecule has 0 amide bonds. The van der Waals surface area contributed by atoms with Crippen LogP contribution in [0, 0.1) is 11.6 Å². The lowest BCUT2D eigenvalue weighted by atomic mass is 9.97. The lowest BCUT2D eigenvalue weighted by Gasteiger charge is -2.31. The molecular formula is C15H17F2N3. The van der Waals surface area contributed by atoms with Crippen molar-refractivity contribution in [2.45, 2.75) is 25.3 Å². The number of nitrogens with one attached hydrogen (secondary N) is 1. The zero-order valence-corrected chi connectivity index (χ0v) is 11.1. The molecule has 3 nitrogen and oxygen atoms in total. The van der Waals surface area contributed by atoms with E-state index in [2.05, 4.69) is 14.9 Å². The van der Waals surface area contributed by atoms with Gasteiger partial charge >= 0.3 is 0 Å². The van der Waals surface area contributed by atoms with Crippen LogP contribution >= 0.6 is 0 Å². The highest BCUT2D eigenvalue weighted by Gasteiger charge is 2.23. The first-order chi connectivity index (χ1) is 9.74. The third-order valence-corrected chi connectivity index (χ3v) is 3.84. The molecule has 1 aliphatic heterocycles. The maximum Gasteiger partial charge on any atom is 0.163 e. The van der Waals surface area contributed by atoms with Crippen LogP contribution in [-0.4, -0.2) is 28.0 Å². The van der Waals surface area contributed by atoms with Crippen LogP contribution in [0.15, 0.2) is 30.6 Å². The number of aromatic amines is 1. The minimum Gasteiger partial charge on any atom is -0.348 e. The normalized spacial score (nSPS) is 20.2. The van der Waals surface area contributed by atoms with Gasteiger partial charge in [-0.15, -0.1) is 0 Å². The van der Waals surface area contributed by atoms with Crippen molar-refractivity contribution in [3.63, 3.8) is 0 Å². The predicted octanol–water partition coefficient (Wildman–Crippen LogP) is 3.07. The molecule has 3 rings (SSSR count). The third kappa shape index (κ3) is 2.72. The molecule has 5 heteroatoms. The molecule has 1 aromatic heterocycles. The number of piperidine rings is 1. The van der Waals surface area contributed by atoms with E-state index in [0.29, 0.717) is 18.0 Å². The zero-order valence-electron chi connectivity index (χ0n) is 11.1. The van der Waals surface area contributed by atoms with E-state index in [0.717, 1.165) is 37.8 Å². The summed E-state index contributed by atoms with van der Waals surface area (Å²) < 4.78 is 26.9. The second-order valence-electron chi connectivity index (χ2n) is 5.26. The molecule has 20 heavy (non-hydrogen) atoms. The topological polar surface area (TPSA) is 31.9 Å². The number of imidazole rings is 1. The predicted molar refractivity (Wildman–Crippen MR) is 72.2 cm³/mol. The molecule has 2 heterocycles. The average Bonchev–Trinajstić information content (AvgIpc) is 2.98. The van der Waals surface area contributed by atoms with Crippen molar-refractivity contribution in [1.82, 2.24) is 14.9 Å². The van der Waals surface area contributed by atoms with E-state index in [4.69, 9.17) is 0 Å². The molecule has 0 spiro atoms. The van der Waals surface area contributed by atoms with Crippen molar-refractivity contribution in [1.29, 1.82) is 0 Å². The van der Waals surface area contributed by atoms with Gasteiger partial charge in [0.15, 0.2) is 11.6 Å². The van der Waals surface area contributed by atoms with Crippen LogP contribution < -0.4 is 0 Å².